The summed E-state index contributed by atoms with van der Waals surface area (Å²) in [5, 5.41) is 14.5. The molecule has 0 aliphatic rings. The van der Waals surface area contributed by atoms with Gasteiger partial charge in [0, 0.05) is 18.0 Å². The van der Waals surface area contributed by atoms with Crippen molar-refractivity contribution in [2.75, 3.05) is 13.6 Å². The summed E-state index contributed by atoms with van der Waals surface area (Å²) in [5.74, 6) is -0.0680. The number of nitrogens with one attached hydrogen (secondary N) is 1. The number of carbonyl (C=O) groups is 2. The van der Waals surface area contributed by atoms with Crippen LogP contribution in [0.2, 0.25) is 0 Å². The molecule has 3 rings (SSSR count). The van der Waals surface area contributed by atoms with Gasteiger partial charge < -0.3 is 10.4 Å². The Morgan fingerprint density at radius 3 is 2.23 bits per heavy atom. The fraction of sp³-hybridized carbons (Fsp3) is 0.174. The van der Waals surface area contributed by atoms with Crippen molar-refractivity contribution in [3.63, 3.8) is 0 Å². The smallest absolute Gasteiger partial charge is 0.317 e. The summed E-state index contributed by atoms with van der Waals surface area (Å²) in [5.41, 5.74) is 2.83. The standard InChI is InChI=1S/C14H10N4O.C4H8.C3H7NO2.C2H2/c19-10-13-16-14(11-5-4-8-15-9-11)18(17-13)12-6-2-1-3-7-12;1-4(2)3;1-4-2-3(5)6;1-2/h1-10H;1H2,2-3H3;4H,2H2,1H3,(H,5,6);1-2H. The number of rotatable bonds is 5. The lowest BCUT2D eigenvalue weighted by atomic mass is 10.2. The van der Waals surface area contributed by atoms with Gasteiger partial charge in [0.2, 0.25) is 5.82 Å². The third-order valence-corrected chi connectivity index (χ3v) is 2.98. The van der Waals surface area contributed by atoms with Gasteiger partial charge in [-0.05, 0) is 45.2 Å². The Balaban J connectivity index is 0.000000629. The monoisotopic (exact) mass is 421 g/mol. The van der Waals surface area contributed by atoms with Crippen LogP contribution in [0.15, 0.2) is 67.0 Å². The first-order chi connectivity index (χ1) is 14.9. The Kier molecular flexibility index (Phi) is 13.7. The van der Waals surface area contributed by atoms with Gasteiger partial charge in [0.1, 0.15) is 0 Å². The number of carbonyl (C=O) groups excluding carboxylic acids is 1. The topological polar surface area (TPSA) is 110 Å². The second-order valence-corrected chi connectivity index (χ2v) is 6.03. The van der Waals surface area contributed by atoms with Crippen molar-refractivity contribution in [2.45, 2.75) is 13.8 Å². The molecule has 8 heteroatoms. The average Bonchev–Trinajstić information content (AvgIpc) is 3.21. The number of aldehydes is 1. The molecule has 0 radical (unpaired) electrons. The van der Waals surface area contributed by atoms with Crippen LogP contribution in [0.5, 0.6) is 0 Å². The molecule has 0 bridgehead atoms. The molecule has 0 spiro atoms. The van der Waals surface area contributed by atoms with Crippen LogP contribution in [0.4, 0.5) is 0 Å². The van der Waals surface area contributed by atoms with E-state index >= 15 is 0 Å². The number of hydrogen-bond acceptors (Lipinski definition) is 6. The Morgan fingerprint density at radius 1 is 1.19 bits per heavy atom. The Hall–Kier alpha value is -4.09. The fourth-order valence-electron chi connectivity index (χ4n) is 1.96. The number of hydrogen-bond donors (Lipinski definition) is 2. The average molecular weight is 422 g/mol. The highest BCUT2D eigenvalue weighted by atomic mass is 16.4. The highest BCUT2D eigenvalue weighted by molar-refractivity contribution is 5.71. The Morgan fingerprint density at radius 2 is 1.81 bits per heavy atom. The molecule has 162 valence electrons. The first kappa shape index (κ1) is 26.9. The highest BCUT2D eigenvalue weighted by Gasteiger charge is 2.12. The summed E-state index contributed by atoms with van der Waals surface area (Å²) in [6.07, 6.45) is 12.0. The molecule has 8 nitrogen and oxygen atoms in total. The number of terminal acetylenes is 1. The quantitative estimate of drug-likeness (QED) is 0.370. The maximum atomic E-state index is 10.9. The number of likely N-dealkylation sites (N-methyl/N-ethyl adjacent to an activating group) is 1. The lowest BCUT2D eigenvalue weighted by Gasteiger charge is -2.04. The van der Waals surface area contributed by atoms with Crippen LogP contribution in [0, 0.1) is 12.8 Å². The van der Waals surface area contributed by atoms with Crippen LogP contribution < -0.4 is 5.32 Å². The molecule has 0 aliphatic heterocycles. The summed E-state index contributed by atoms with van der Waals surface area (Å²) >= 11 is 0. The van der Waals surface area contributed by atoms with E-state index in [1.54, 1.807) is 24.1 Å². The van der Waals surface area contributed by atoms with E-state index in [-0.39, 0.29) is 12.4 Å². The van der Waals surface area contributed by atoms with Crippen LogP contribution in [-0.2, 0) is 4.79 Å². The fourth-order valence-corrected chi connectivity index (χ4v) is 1.96. The molecule has 1 aromatic carbocycles. The van der Waals surface area contributed by atoms with Crippen LogP contribution >= 0.6 is 0 Å². The van der Waals surface area contributed by atoms with Crippen molar-refractivity contribution in [3.05, 3.63) is 72.8 Å². The second-order valence-electron chi connectivity index (χ2n) is 6.03. The molecule has 0 aliphatic carbocycles. The number of carboxylic acid groups (broad SMARTS) is 1. The maximum Gasteiger partial charge on any atom is 0.317 e. The number of allylic oxidation sites excluding steroid dienone is 1. The predicted molar refractivity (Wildman–Crippen MR) is 122 cm³/mol. The van der Waals surface area contributed by atoms with Crippen molar-refractivity contribution in [1.29, 1.82) is 0 Å². The second kappa shape index (κ2) is 15.8. The van der Waals surface area contributed by atoms with Gasteiger partial charge in [-0.25, -0.2) is 9.67 Å². The van der Waals surface area contributed by atoms with Crippen molar-refractivity contribution in [1.82, 2.24) is 25.1 Å². The summed E-state index contributed by atoms with van der Waals surface area (Å²) in [7, 11) is 1.59. The molecule has 0 atom stereocenters. The lowest BCUT2D eigenvalue weighted by Crippen LogP contribution is -2.16. The largest absolute Gasteiger partial charge is 0.480 e. The van der Waals surface area contributed by atoms with Gasteiger partial charge in [-0.2, -0.15) is 0 Å². The van der Waals surface area contributed by atoms with E-state index in [2.05, 4.69) is 39.8 Å². The minimum atomic E-state index is -0.822. The van der Waals surface area contributed by atoms with E-state index in [4.69, 9.17) is 5.11 Å². The Labute approximate surface area is 182 Å². The van der Waals surface area contributed by atoms with Crippen molar-refractivity contribution < 1.29 is 14.7 Å². The molecule has 2 N–H and O–H groups in total. The molecule has 0 fully saturated rings. The number of pyridine rings is 1. The molecule has 2 aromatic heterocycles. The molecule has 31 heavy (non-hydrogen) atoms. The van der Waals surface area contributed by atoms with Gasteiger partial charge in [-0.15, -0.1) is 24.5 Å². The molecule has 0 amide bonds. The minimum absolute atomic E-state index is 0.0417. The van der Waals surface area contributed by atoms with Crippen molar-refractivity contribution in [3.8, 4) is 29.9 Å². The third kappa shape index (κ3) is 10.9. The van der Waals surface area contributed by atoms with E-state index in [1.807, 2.05) is 56.3 Å². The lowest BCUT2D eigenvalue weighted by molar-refractivity contribution is -0.135. The zero-order valence-electron chi connectivity index (χ0n) is 17.9. The van der Waals surface area contributed by atoms with Crippen molar-refractivity contribution >= 4 is 12.3 Å². The number of aromatic nitrogens is 4. The van der Waals surface area contributed by atoms with E-state index in [0.717, 1.165) is 11.3 Å². The third-order valence-electron chi connectivity index (χ3n) is 2.98. The van der Waals surface area contributed by atoms with Crippen molar-refractivity contribution in [2.24, 2.45) is 0 Å². The Bertz CT molecular complexity index is 890. The maximum absolute atomic E-state index is 10.9. The van der Waals surface area contributed by atoms with Gasteiger partial charge in [0.15, 0.2) is 12.1 Å². The molecule has 2 heterocycles. The van der Waals surface area contributed by atoms with E-state index in [9.17, 15) is 9.59 Å². The predicted octanol–water partition coefficient (Wildman–Crippen LogP) is 3.26. The first-order valence-electron chi connectivity index (χ1n) is 9.09. The SMILES string of the molecule is C#C.C=C(C)C.CNCC(=O)O.O=Cc1nc(-c2cccnc2)n(-c2ccccc2)n1. The van der Waals surface area contributed by atoms with Crippen LogP contribution in [0.1, 0.15) is 24.5 Å². The van der Waals surface area contributed by atoms with Crippen LogP contribution in [-0.4, -0.2) is 50.7 Å². The van der Waals surface area contributed by atoms with E-state index in [1.165, 1.54) is 5.57 Å². The zero-order chi connectivity index (χ0) is 23.6. The summed E-state index contributed by atoms with van der Waals surface area (Å²) < 4.78 is 1.64. The van der Waals surface area contributed by atoms with Crippen LogP contribution in [0.3, 0.4) is 0 Å². The van der Waals surface area contributed by atoms with Gasteiger partial charge in [-0.3, -0.25) is 14.6 Å². The molecule has 0 unspecified atom stereocenters. The molecule has 3 aromatic rings. The normalized spacial score (nSPS) is 8.81. The highest BCUT2D eigenvalue weighted by Crippen LogP contribution is 2.19. The number of nitrogens with zero attached hydrogens (tertiary/aromatic N) is 4. The van der Waals surface area contributed by atoms with Gasteiger partial charge in [-0.1, -0.05) is 23.8 Å². The van der Waals surface area contributed by atoms with Crippen LogP contribution in [0.25, 0.3) is 17.1 Å². The first-order valence-corrected chi connectivity index (χ1v) is 9.09. The summed E-state index contributed by atoms with van der Waals surface area (Å²) in [4.78, 5) is 28.7. The van der Waals surface area contributed by atoms with E-state index < -0.39 is 5.97 Å². The zero-order valence-corrected chi connectivity index (χ0v) is 17.9. The minimum Gasteiger partial charge on any atom is -0.480 e. The summed E-state index contributed by atoms with van der Waals surface area (Å²) in [6.45, 7) is 7.54. The molecule has 0 saturated heterocycles. The van der Waals surface area contributed by atoms with Gasteiger partial charge >= 0.3 is 5.97 Å². The number of aliphatic carboxylic acids is 1. The number of para-hydroxylation sites is 1. The molecular weight excluding hydrogens is 394 g/mol. The summed E-state index contributed by atoms with van der Waals surface area (Å²) in [6, 6.07) is 13.2. The molecular formula is C23H27N5O3. The van der Waals surface area contributed by atoms with Gasteiger partial charge in [0.25, 0.3) is 0 Å². The number of carboxylic acids is 1. The van der Waals surface area contributed by atoms with Gasteiger partial charge in [0.05, 0.1) is 12.2 Å². The number of benzene rings is 1. The molecule has 0 saturated carbocycles. The van der Waals surface area contributed by atoms with E-state index in [0.29, 0.717) is 12.1 Å².